The zero-order valence-electron chi connectivity index (χ0n) is 11.6. The highest BCUT2D eigenvalue weighted by molar-refractivity contribution is 6.30. The van der Waals surface area contributed by atoms with E-state index >= 15 is 0 Å². The smallest absolute Gasteiger partial charge is 0.319 e. The Bertz CT molecular complexity index is 505. The molecule has 0 atom stereocenters. The van der Waals surface area contributed by atoms with E-state index in [0.29, 0.717) is 10.6 Å². The van der Waals surface area contributed by atoms with E-state index in [4.69, 9.17) is 11.6 Å². The predicted molar refractivity (Wildman–Crippen MR) is 75.7 cm³/mol. The van der Waals surface area contributed by atoms with Crippen LogP contribution in [0.25, 0.3) is 0 Å². The molecule has 0 aromatic heterocycles. The number of benzene rings is 1. The summed E-state index contributed by atoms with van der Waals surface area (Å²) < 4.78 is 4.63. The van der Waals surface area contributed by atoms with Crippen molar-refractivity contribution in [1.82, 2.24) is 4.90 Å². The summed E-state index contributed by atoms with van der Waals surface area (Å²) in [5, 5.41) is 11.4. The number of carbonyl (C=O) groups is 1. The van der Waals surface area contributed by atoms with E-state index in [0.717, 1.165) is 0 Å². The van der Waals surface area contributed by atoms with Gasteiger partial charge in [0.15, 0.2) is 0 Å². The molecular formula is C13H17ClN2O4. The largest absolute Gasteiger partial charge is 0.468 e. The third-order valence-electron chi connectivity index (χ3n) is 2.91. The molecule has 1 aromatic carbocycles. The number of hydrogen-bond donors (Lipinski definition) is 0. The molecule has 7 heteroatoms. The minimum atomic E-state index is -0.474. The molecular weight excluding hydrogens is 284 g/mol. The van der Waals surface area contributed by atoms with E-state index < -0.39 is 4.92 Å². The van der Waals surface area contributed by atoms with Crippen molar-refractivity contribution in [2.75, 3.05) is 13.7 Å². The molecule has 0 bridgehead atoms. The van der Waals surface area contributed by atoms with Crippen LogP contribution in [0.3, 0.4) is 0 Å². The summed E-state index contributed by atoms with van der Waals surface area (Å²) in [4.78, 5) is 23.7. The average Bonchev–Trinajstić information content (AvgIpc) is 2.39. The van der Waals surface area contributed by atoms with E-state index in [-0.39, 0.29) is 30.8 Å². The number of esters is 1. The average molecular weight is 301 g/mol. The molecule has 0 N–H and O–H groups in total. The van der Waals surface area contributed by atoms with Gasteiger partial charge < -0.3 is 4.74 Å². The van der Waals surface area contributed by atoms with Gasteiger partial charge in [0, 0.05) is 29.2 Å². The summed E-state index contributed by atoms with van der Waals surface area (Å²) in [7, 11) is 1.31. The van der Waals surface area contributed by atoms with Crippen LogP contribution in [0.5, 0.6) is 0 Å². The van der Waals surface area contributed by atoms with Crippen LogP contribution in [-0.4, -0.2) is 35.5 Å². The molecule has 0 aliphatic heterocycles. The first kappa shape index (κ1) is 16.4. The van der Waals surface area contributed by atoms with Crippen LogP contribution in [0.15, 0.2) is 18.2 Å². The summed E-state index contributed by atoms with van der Waals surface area (Å²) in [6, 6.07) is 4.56. The third-order valence-corrected chi connectivity index (χ3v) is 3.14. The molecule has 0 amide bonds. The van der Waals surface area contributed by atoms with Gasteiger partial charge in [0.05, 0.1) is 18.6 Å². The zero-order valence-corrected chi connectivity index (χ0v) is 12.4. The van der Waals surface area contributed by atoms with Gasteiger partial charge >= 0.3 is 5.97 Å². The molecule has 1 aromatic rings. The second-order valence-electron chi connectivity index (χ2n) is 4.61. The van der Waals surface area contributed by atoms with E-state index in [1.165, 1.54) is 13.2 Å². The first-order chi connectivity index (χ1) is 9.35. The van der Waals surface area contributed by atoms with Crippen LogP contribution in [0.1, 0.15) is 19.4 Å². The lowest BCUT2D eigenvalue weighted by Crippen LogP contribution is -2.35. The fourth-order valence-corrected chi connectivity index (χ4v) is 1.88. The van der Waals surface area contributed by atoms with Crippen molar-refractivity contribution >= 4 is 23.3 Å². The van der Waals surface area contributed by atoms with Crippen LogP contribution in [0, 0.1) is 10.1 Å². The molecule has 0 aliphatic rings. The van der Waals surface area contributed by atoms with Gasteiger partial charge in [0.25, 0.3) is 5.69 Å². The zero-order chi connectivity index (χ0) is 15.3. The maximum Gasteiger partial charge on any atom is 0.319 e. The van der Waals surface area contributed by atoms with Crippen molar-refractivity contribution in [3.8, 4) is 0 Å². The van der Waals surface area contributed by atoms with Crippen molar-refractivity contribution in [3.05, 3.63) is 38.9 Å². The lowest BCUT2D eigenvalue weighted by molar-refractivity contribution is -0.385. The van der Waals surface area contributed by atoms with Crippen LogP contribution >= 0.6 is 11.6 Å². The van der Waals surface area contributed by atoms with Gasteiger partial charge in [-0.3, -0.25) is 19.8 Å². The molecule has 0 fully saturated rings. The number of nitro groups is 1. The second kappa shape index (κ2) is 7.21. The Labute approximate surface area is 122 Å². The summed E-state index contributed by atoms with van der Waals surface area (Å²) in [5.74, 6) is -0.379. The lowest BCUT2D eigenvalue weighted by atomic mass is 10.1. The van der Waals surface area contributed by atoms with Crippen molar-refractivity contribution in [2.45, 2.75) is 26.4 Å². The van der Waals surface area contributed by atoms with Crippen molar-refractivity contribution in [2.24, 2.45) is 0 Å². The van der Waals surface area contributed by atoms with Gasteiger partial charge in [0.1, 0.15) is 0 Å². The van der Waals surface area contributed by atoms with Crippen molar-refractivity contribution < 1.29 is 14.5 Å². The fourth-order valence-electron chi connectivity index (χ4n) is 1.71. The minimum absolute atomic E-state index is 0.0457. The number of hydrogen-bond acceptors (Lipinski definition) is 5. The van der Waals surface area contributed by atoms with Crippen LogP contribution in [0.2, 0.25) is 5.02 Å². The number of carbonyl (C=O) groups excluding carboxylic acids is 1. The minimum Gasteiger partial charge on any atom is -0.468 e. The first-order valence-electron chi connectivity index (χ1n) is 6.08. The Morgan fingerprint density at radius 1 is 1.50 bits per heavy atom. The molecule has 0 spiro atoms. The molecule has 0 radical (unpaired) electrons. The SMILES string of the molecule is COC(=O)CN(Cc1ccc(Cl)cc1[N+](=O)[O-])C(C)C. The number of nitro benzene ring substituents is 1. The quantitative estimate of drug-likeness (QED) is 0.459. The van der Waals surface area contributed by atoms with E-state index in [1.807, 2.05) is 13.8 Å². The number of nitrogens with zero attached hydrogens (tertiary/aromatic N) is 2. The highest BCUT2D eigenvalue weighted by Gasteiger charge is 2.20. The van der Waals surface area contributed by atoms with E-state index in [2.05, 4.69) is 4.74 Å². The fraction of sp³-hybridized carbons (Fsp3) is 0.462. The van der Waals surface area contributed by atoms with Crippen molar-refractivity contribution in [3.63, 3.8) is 0 Å². The highest BCUT2D eigenvalue weighted by Crippen LogP contribution is 2.25. The Hall–Kier alpha value is -1.66. The third kappa shape index (κ3) is 4.47. The van der Waals surface area contributed by atoms with Gasteiger partial charge in [-0.25, -0.2) is 0 Å². The van der Waals surface area contributed by atoms with Gasteiger partial charge in [-0.1, -0.05) is 11.6 Å². The molecule has 0 aliphatic carbocycles. The van der Waals surface area contributed by atoms with Gasteiger partial charge in [-0.15, -0.1) is 0 Å². The van der Waals surface area contributed by atoms with Gasteiger partial charge in [-0.2, -0.15) is 0 Å². The summed E-state index contributed by atoms with van der Waals surface area (Å²) in [5.41, 5.74) is 0.463. The van der Waals surface area contributed by atoms with Crippen LogP contribution in [-0.2, 0) is 16.1 Å². The standard InChI is InChI=1S/C13H17ClN2O4/c1-9(2)15(8-13(17)20-3)7-10-4-5-11(14)6-12(10)16(18)19/h4-6,9H,7-8H2,1-3H3. The number of ether oxygens (including phenoxy) is 1. The Morgan fingerprint density at radius 2 is 2.15 bits per heavy atom. The molecule has 110 valence electrons. The first-order valence-corrected chi connectivity index (χ1v) is 6.46. The number of halogens is 1. The number of rotatable bonds is 6. The maximum absolute atomic E-state index is 11.4. The highest BCUT2D eigenvalue weighted by atomic mass is 35.5. The molecule has 0 heterocycles. The Kier molecular flexibility index (Phi) is 5.91. The van der Waals surface area contributed by atoms with Crippen LogP contribution in [0.4, 0.5) is 5.69 Å². The monoisotopic (exact) mass is 300 g/mol. The predicted octanol–water partition coefficient (Wildman–Crippen LogP) is 2.63. The normalized spacial score (nSPS) is 10.9. The molecule has 20 heavy (non-hydrogen) atoms. The number of methoxy groups -OCH3 is 1. The Morgan fingerprint density at radius 3 is 2.65 bits per heavy atom. The summed E-state index contributed by atoms with van der Waals surface area (Å²) in [6.07, 6.45) is 0. The molecule has 6 nitrogen and oxygen atoms in total. The topological polar surface area (TPSA) is 72.7 Å². The summed E-state index contributed by atoms with van der Waals surface area (Å²) >= 11 is 5.77. The molecule has 0 saturated carbocycles. The molecule has 1 rings (SSSR count). The van der Waals surface area contributed by atoms with E-state index in [1.54, 1.807) is 17.0 Å². The maximum atomic E-state index is 11.4. The van der Waals surface area contributed by atoms with Gasteiger partial charge in [-0.05, 0) is 26.0 Å². The second-order valence-corrected chi connectivity index (χ2v) is 5.04. The van der Waals surface area contributed by atoms with Crippen molar-refractivity contribution in [1.29, 1.82) is 0 Å². The lowest BCUT2D eigenvalue weighted by Gasteiger charge is -2.25. The summed E-state index contributed by atoms with van der Waals surface area (Å²) in [6.45, 7) is 4.17. The van der Waals surface area contributed by atoms with Crippen LogP contribution < -0.4 is 0 Å². The Balaban J connectivity index is 2.99. The van der Waals surface area contributed by atoms with Gasteiger partial charge in [0.2, 0.25) is 0 Å². The van der Waals surface area contributed by atoms with E-state index in [9.17, 15) is 14.9 Å². The molecule has 0 unspecified atom stereocenters. The molecule has 0 saturated heterocycles.